The summed E-state index contributed by atoms with van der Waals surface area (Å²) in [5, 5.41) is 16.5. The van der Waals surface area contributed by atoms with E-state index < -0.39 is 0 Å². The third-order valence-electron chi connectivity index (χ3n) is 1.10. The lowest BCUT2D eigenvalue weighted by Crippen LogP contribution is -2.36. The minimum absolute atomic E-state index is 0.00935. The molecule has 1 aromatic heterocycles. The van der Waals surface area contributed by atoms with E-state index in [1.807, 2.05) is 0 Å². The highest BCUT2D eigenvalue weighted by molar-refractivity contribution is 6.04. The normalized spacial score (nSPS) is 9.00. The van der Waals surface area contributed by atoms with Crippen LogP contribution in [-0.4, -0.2) is 21.8 Å². The van der Waals surface area contributed by atoms with Crippen LogP contribution in [0.3, 0.4) is 0 Å². The number of nitrogens with zero attached hydrogens (tertiary/aromatic N) is 2. The van der Waals surface area contributed by atoms with Gasteiger partial charge < -0.3 is 11.1 Å². The van der Waals surface area contributed by atoms with Gasteiger partial charge in [-0.15, -0.1) is 0 Å². The van der Waals surface area contributed by atoms with Gasteiger partial charge in [-0.25, -0.2) is 9.97 Å². The monoisotopic (exact) mass is 164 g/mol. The first-order chi connectivity index (χ1) is 5.70. The highest BCUT2D eigenvalue weighted by Crippen LogP contribution is 1.88. The van der Waals surface area contributed by atoms with Crippen LogP contribution in [0.5, 0.6) is 0 Å². The molecule has 0 aromatic carbocycles. The summed E-state index contributed by atoms with van der Waals surface area (Å²) in [4.78, 5) is 7.47. The van der Waals surface area contributed by atoms with E-state index in [1.54, 1.807) is 6.07 Å². The number of hydrogen-bond acceptors (Lipinski definition) is 4. The van der Waals surface area contributed by atoms with Crippen molar-refractivity contribution in [2.75, 3.05) is 0 Å². The summed E-state index contributed by atoms with van der Waals surface area (Å²) in [5.74, 6) is -0.288. The number of aromatic nitrogens is 2. The van der Waals surface area contributed by atoms with Crippen molar-refractivity contribution in [3.8, 4) is 0 Å². The van der Waals surface area contributed by atoms with E-state index in [-0.39, 0.29) is 11.8 Å². The van der Waals surface area contributed by atoms with Crippen molar-refractivity contribution >= 4 is 11.8 Å². The molecule has 62 valence electrons. The smallest absolute Gasteiger partial charge is 0.191 e. The minimum Gasteiger partial charge on any atom is -0.370 e. The molecule has 0 bridgehead atoms. The molecule has 6 nitrogen and oxygen atoms in total. The van der Waals surface area contributed by atoms with E-state index in [1.165, 1.54) is 12.5 Å². The first-order valence-electron chi connectivity index (χ1n) is 3.16. The molecule has 0 saturated carbocycles. The lowest BCUT2D eigenvalue weighted by atomic mass is 10.4. The largest absolute Gasteiger partial charge is 0.370 e. The molecule has 0 aliphatic carbocycles. The predicted molar refractivity (Wildman–Crippen MR) is 43.9 cm³/mol. The molecule has 0 atom stereocenters. The Morgan fingerprint density at radius 3 is 2.75 bits per heavy atom. The van der Waals surface area contributed by atoms with Gasteiger partial charge in [-0.3, -0.25) is 10.8 Å². The van der Waals surface area contributed by atoms with Crippen molar-refractivity contribution in [3.05, 3.63) is 24.3 Å². The summed E-state index contributed by atoms with van der Waals surface area (Å²) in [6.07, 6.45) is 2.84. The van der Waals surface area contributed by atoms with Gasteiger partial charge in [0.1, 0.15) is 12.0 Å². The molecule has 1 aromatic rings. The fraction of sp³-hybridized carbons (Fsp3) is 0. The molecular weight excluding hydrogens is 156 g/mol. The van der Waals surface area contributed by atoms with E-state index in [0.717, 1.165) is 0 Å². The average molecular weight is 164 g/mol. The van der Waals surface area contributed by atoms with Gasteiger partial charge in [0.25, 0.3) is 0 Å². The maximum Gasteiger partial charge on any atom is 0.191 e. The summed E-state index contributed by atoms with van der Waals surface area (Å²) >= 11 is 0. The lowest BCUT2D eigenvalue weighted by Gasteiger charge is -2.02. The third-order valence-corrected chi connectivity index (χ3v) is 1.10. The summed E-state index contributed by atoms with van der Waals surface area (Å²) in [6, 6.07) is 1.55. The van der Waals surface area contributed by atoms with E-state index in [9.17, 15) is 0 Å². The first-order valence-corrected chi connectivity index (χ1v) is 3.16. The van der Waals surface area contributed by atoms with Gasteiger partial charge in [0.15, 0.2) is 11.8 Å². The van der Waals surface area contributed by atoms with E-state index >= 15 is 0 Å². The molecule has 1 rings (SSSR count). The van der Waals surface area contributed by atoms with Crippen LogP contribution >= 0.6 is 0 Å². The Labute approximate surface area is 68.9 Å². The SMILES string of the molecule is N=C(N)NC(=N)c1ccncn1. The second-order valence-corrected chi connectivity index (χ2v) is 2.01. The van der Waals surface area contributed by atoms with Gasteiger partial charge in [-0.05, 0) is 6.07 Å². The van der Waals surface area contributed by atoms with Crippen molar-refractivity contribution in [3.63, 3.8) is 0 Å². The number of hydrogen-bond donors (Lipinski definition) is 4. The Bertz CT molecular complexity index is 292. The number of nitrogens with one attached hydrogen (secondary N) is 3. The fourth-order valence-corrected chi connectivity index (χ4v) is 0.637. The molecule has 0 aliphatic heterocycles. The lowest BCUT2D eigenvalue weighted by molar-refractivity contribution is 1.11. The Balaban J connectivity index is 2.73. The van der Waals surface area contributed by atoms with E-state index in [2.05, 4.69) is 15.3 Å². The van der Waals surface area contributed by atoms with Crippen LogP contribution in [0.25, 0.3) is 0 Å². The Morgan fingerprint density at radius 1 is 1.50 bits per heavy atom. The maximum absolute atomic E-state index is 7.34. The van der Waals surface area contributed by atoms with Gasteiger partial charge in [0.2, 0.25) is 0 Å². The molecule has 5 N–H and O–H groups in total. The van der Waals surface area contributed by atoms with Crippen LogP contribution in [0.4, 0.5) is 0 Å². The maximum atomic E-state index is 7.34. The quantitative estimate of drug-likeness (QED) is 0.324. The average Bonchev–Trinajstić information content (AvgIpc) is 2.05. The van der Waals surface area contributed by atoms with Gasteiger partial charge in [-0.1, -0.05) is 0 Å². The molecule has 0 aliphatic rings. The standard InChI is InChI=1S/C6H8N6/c7-5(12-6(8)9)4-1-2-10-3-11-4/h1-3H,(H5,7,8,9,12). The molecule has 12 heavy (non-hydrogen) atoms. The van der Waals surface area contributed by atoms with Crippen molar-refractivity contribution in [1.82, 2.24) is 15.3 Å². The first kappa shape index (κ1) is 8.12. The van der Waals surface area contributed by atoms with Gasteiger partial charge in [-0.2, -0.15) is 0 Å². The number of rotatable bonds is 1. The van der Waals surface area contributed by atoms with Gasteiger partial charge in [0, 0.05) is 6.20 Å². The number of guanidine groups is 1. The van der Waals surface area contributed by atoms with E-state index in [0.29, 0.717) is 5.69 Å². The molecule has 0 spiro atoms. The van der Waals surface area contributed by atoms with Crippen molar-refractivity contribution in [2.45, 2.75) is 0 Å². The Morgan fingerprint density at radius 2 is 2.25 bits per heavy atom. The summed E-state index contributed by atoms with van der Waals surface area (Å²) < 4.78 is 0. The fourth-order valence-electron chi connectivity index (χ4n) is 0.637. The zero-order chi connectivity index (χ0) is 8.97. The van der Waals surface area contributed by atoms with Crippen LogP contribution < -0.4 is 11.1 Å². The molecule has 0 radical (unpaired) electrons. The van der Waals surface area contributed by atoms with Gasteiger partial charge in [0.05, 0.1) is 0 Å². The highest BCUT2D eigenvalue weighted by Gasteiger charge is 2.00. The third kappa shape index (κ3) is 2.01. The summed E-state index contributed by atoms with van der Waals surface area (Å²) in [7, 11) is 0. The Hall–Kier alpha value is -1.98. The molecule has 0 fully saturated rings. The molecule has 0 unspecified atom stereocenters. The molecule has 0 saturated heterocycles. The molecular formula is C6H8N6. The van der Waals surface area contributed by atoms with E-state index in [4.69, 9.17) is 16.6 Å². The van der Waals surface area contributed by atoms with Crippen LogP contribution in [-0.2, 0) is 0 Å². The second kappa shape index (κ2) is 3.42. The van der Waals surface area contributed by atoms with Crippen LogP contribution in [0, 0.1) is 10.8 Å². The minimum atomic E-state index is -0.279. The van der Waals surface area contributed by atoms with Gasteiger partial charge >= 0.3 is 0 Å². The van der Waals surface area contributed by atoms with Crippen molar-refractivity contribution in [2.24, 2.45) is 5.73 Å². The Kier molecular flexibility index (Phi) is 2.32. The topological polar surface area (TPSA) is 112 Å². The zero-order valence-electron chi connectivity index (χ0n) is 6.20. The molecule has 0 amide bonds. The number of nitrogens with two attached hydrogens (primary N) is 1. The van der Waals surface area contributed by atoms with Crippen LogP contribution in [0.1, 0.15) is 5.69 Å². The predicted octanol–water partition coefficient (Wildman–Crippen LogP) is -0.715. The molecule has 1 heterocycles. The summed E-state index contributed by atoms with van der Waals surface area (Å²) in [6.45, 7) is 0. The van der Waals surface area contributed by atoms with Crippen molar-refractivity contribution < 1.29 is 0 Å². The summed E-state index contributed by atoms with van der Waals surface area (Å²) in [5.41, 5.74) is 5.42. The number of amidine groups is 1. The van der Waals surface area contributed by atoms with Crippen LogP contribution in [0.15, 0.2) is 18.6 Å². The van der Waals surface area contributed by atoms with Crippen LogP contribution in [0.2, 0.25) is 0 Å². The second-order valence-electron chi connectivity index (χ2n) is 2.01. The van der Waals surface area contributed by atoms with Crippen molar-refractivity contribution in [1.29, 1.82) is 10.8 Å². The zero-order valence-corrected chi connectivity index (χ0v) is 6.20. The molecule has 6 heteroatoms. The highest BCUT2D eigenvalue weighted by atomic mass is 15.1.